The van der Waals surface area contributed by atoms with Gasteiger partial charge in [-0.05, 0) is 24.3 Å². The van der Waals surface area contributed by atoms with Crippen LogP contribution in [0, 0.1) is 10.1 Å². The predicted octanol–water partition coefficient (Wildman–Crippen LogP) is 4.10. The standard InChI is InChI=1S/C18H13ClN6O3/c19-13-5-6-16(24-8-2-7-21-24)15(10-13)20-11-17-22-18(23-28-17)12-3-1-4-14(9-12)25(26)27/h1-10,20H,11H2. The third kappa shape index (κ3) is 3.69. The number of aromatic nitrogens is 4. The second-order valence-electron chi connectivity index (χ2n) is 5.78. The number of halogens is 1. The molecule has 0 aliphatic heterocycles. The molecule has 1 N–H and O–H groups in total. The molecule has 0 radical (unpaired) electrons. The van der Waals surface area contributed by atoms with Gasteiger partial charge in [-0.3, -0.25) is 10.1 Å². The number of nitrogens with one attached hydrogen (secondary N) is 1. The fourth-order valence-electron chi connectivity index (χ4n) is 2.63. The zero-order valence-corrected chi connectivity index (χ0v) is 15.1. The second-order valence-corrected chi connectivity index (χ2v) is 6.22. The number of hydrogen-bond acceptors (Lipinski definition) is 7. The molecule has 0 fully saturated rings. The van der Waals surface area contributed by atoms with E-state index in [1.54, 1.807) is 35.1 Å². The summed E-state index contributed by atoms with van der Waals surface area (Å²) in [5.74, 6) is 0.604. The number of hydrogen-bond donors (Lipinski definition) is 1. The van der Waals surface area contributed by atoms with Gasteiger partial charge in [-0.15, -0.1) is 0 Å². The number of benzene rings is 2. The molecule has 0 unspecified atom stereocenters. The second kappa shape index (κ2) is 7.49. The third-order valence-electron chi connectivity index (χ3n) is 3.92. The first-order valence-electron chi connectivity index (χ1n) is 8.21. The van der Waals surface area contributed by atoms with Crippen molar-refractivity contribution in [3.63, 3.8) is 0 Å². The van der Waals surface area contributed by atoms with Crippen LogP contribution in [0.2, 0.25) is 5.02 Å². The Bertz CT molecular complexity index is 1130. The summed E-state index contributed by atoms with van der Waals surface area (Å²) < 4.78 is 6.96. The van der Waals surface area contributed by atoms with Gasteiger partial charge in [0.15, 0.2) is 0 Å². The molecule has 140 valence electrons. The summed E-state index contributed by atoms with van der Waals surface area (Å²) in [5.41, 5.74) is 2.02. The van der Waals surface area contributed by atoms with Crippen LogP contribution in [0.3, 0.4) is 0 Å². The molecule has 2 heterocycles. The van der Waals surface area contributed by atoms with E-state index in [4.69, 9.17) is 16.1 Å². The Morgan fingerprint density at radius 1 is 1.21 bits per heavy atom. The van der Waals surface area contributed by atoms with Crippen LogP contribution in [0.15, 0.2) is 65.4 Å². The highest BCUT2D eigenvalue weighted by atomic mass is 35.5. The number of anilines is 1. The Kier molecular flexibility index (Phi) is 4.73. The van der Waals surface area contributed by atoms with E-state index in [1.165, 1.54) is 12.1 Å². The van der Waals surface area contributed by atoms with E-state index in [1.807, 2.05) is 18.3 Å². The molecule has 0 spiro atoms. The van der Waals surface area contributed by atoms with E-state index in [0.29, 0.717) is 16.5 Å². The van der Waals surface area contributed by atoms with Crippen molar-refractivity contribution in [3.8, 4) is 17.1 Å². The Balaban J connectivity index is 1.54. The molecule has 2 aromatic carbocycles. The van der Waals surface area contributed by atoms with Crippen LogP contribution in [-0.4, -0.2) is 24.8 Å². The van der Waals surface area contributed by atoms with Gasteiger partial charge in [0.25, 0.3) is 5.69 Å². The molecule has 0 atom stereocenters. The molecule has 0 saturated heterocycles. The first-order chi connectivity index (χ1) is 13.6. The van der Waals surface area contributed by atoms with Crippen molar-refractivity contribution in [2.75, 3.05) is 5.32 Å². The molecule has 0 aliphatic carbocycles. The van der Waals surface area contributed by atoms with Crippen LogP contribution in [0.25, 0.3) is 17.1 Å². The van der Waals surface area contributed by atoms with Gasteiger partial charge in [-0.25, -0.2) is 4.68 Å². The zero-order chi connectivity index (χ0) is 19.5. The molecular weight excluding hydrogens is 384 g/mol. The van der Waals surface area contributed by atoms with Crippen molar-refractivity contribution >= 4 is 23.0 Å². The highest BCUT2D eigenvalue weighted by Gasteiger charge is 2.13. The fraction of sp³-hybridized carbons (Fsp3) is 0.0556. The number of nitrogens with zero attached hydrogens (tertiary/aromatic N) is 5. The Labute approximate surface area is 163 Å². The van der Waals surface area contributed by atoms with Crippen LogP contribution in [0.4, 0.5) is 11.4 Å². The molecule has 2 aromatic heterocycles. The maximum absolute atomic E-state index is 10.9. The van der Waals surface area contributed by atoms with Gasteiger partial charge in [0, 0.05) is 35.1 Å². The van der Waals surface area contributed by atoms with E-state index in [2.05, 4.69) is 20.6 Å². The molecular formula is C18H13ClN6O3. The van der Waals surface area contributed by atoms with Crippen molar-refractivity contribution in [1.29, 1.82) is 0 Å². The summed E-state index contributed by atoms with van der Waals surface area (Å²) >= 11 is 6.11. The molecule has 0 saturated carbocycles. The first kappa shape index (κ1) is 17.7. The van der Waals surface area contributed by atoms with E-state index >= 15 is 0 Å². The topological polar surface area (TPSA) is 112 Å². The lowest BCUT2D eigenvalue weighted by molar-refractivity contribution is -0.384. The Morgan fingerprint density at radius 2 is 2.11 bits per heavy atom. The molecule has 0 aliphatic rings. The van der Waals surface area contributed by atoms with Crippen LogP contribution < -0.4 is 5.32 Å². The van der Waals surface area contributed by atoms with E-state index in [-0.39, 0.29) is 18.1 Å². The van der Waals surface area contributed by atoms with Gasteiger partial charge in [-0.2, -0.15) is 10.1 Å². The molecule has 4 aromatic rings. The summed E-state index contributed by atoms with van der Waals surface area (Å²) in [6.07, 6.45) is 3.50. The van der Waals surface area contributed by atoms with Crippen molar-refractivity contribution in [2.24, 2.45) is 0 Å². The molecule has 28 heavy (non-hydrogen) atoms. The number of nitro groups is 1. The van der Waals surface area contributed by atoms with Gasteiger partial charge in [0.05, 0.1) is 22.8 Å². The van der Waals surface area contributed by atoms with Gasteiger partial charge < -0.3 is 9.84 Å². The lowest BCUT2D eigenvalue weighted by Gasteiger charge is -2.11. The average molecular weight is 397 g/mol. The van der Waals surface area contributed by atoms with Gasteiger partial charge in [0.1, 0.15) is 0 Å². The normalized spacial score (nSPS) is 10.8. The van der Waals surface area contributed by atoms with E-state index in [9.17, 15) is 10.1 Å². The lowest BCUT2D eigenvalue weighted by atomic mass is 10.2. The highest BCUT2D eigenvalue weighted by Crippen LogP contribution is 2.25. The number of rotatable bonds is 6. The van der Waals surface area contributed by atoms with Crippen LogP contribution >= 0.6 is 11.6 Å². The summed E-state index contributed by atoms with van der Waals surface area (Å²) in [6, 6.07) is 13.3. The minimum absolute atomic E-state index is 0.0373. The van der Waals surface area contributed by atoms with Crippen molar-refractivity contribution < 1.29 is 9.45 Å². The average Bonchev–Trinajstić information content (AvgIpc) is 3.39. The third-order valence-corrected chi connectivity index (χ3v) is 4.16. The molecule has 10 heteroatoms. The minimum Gasteiger partial charge on any atom is -0.374 e. The number of non-ortho nitro benzene ring substituents is 1. The van der Waals surface area contributed by atoms with Crippen LogP contribution in [-0.2, 0) is 6.54 Å². The minimum atomic E-state index is -0.470. The Hall–Kier alpha value is -3.72. The largest absolute Gasteiger partial charge is 0.374 e. The SMILES string of the molecule is O=[N+]([O-])c1cccc(-c2noc(CNc3cc(Cl)ccc3-n3cccn3)n2)c1. The highest BCUT2D eigenvalue weighted by molar-refractivity contribution is 6.31. The maximum Gasteiger partial charge on any atom is 0.270 e. The molecule has 0 amide bonds. The smallest absolute Gasteiger partial charge is 0.270 e. The van der Waals surface area contributed by atoms with Crippen LogP contribution in [0.5, 0.6) is 0 Å². The monoisotopic (exact) mass is 396 g/mol. The van der Waals surface area contributed by atoms with Gasteiger partial charge >= 0.3 is 0 Å². The molecule has 9 nitrogen and oxygen atoms in total. The maximum atomic E-state index is 10.9. The molecule has 4 rings (SSSR count). The molecule has 0 bridgehead atoms. The fourth-order valence-corrected chi connectivity index (χ4v) is 2.81. The Morgan fingerprint density at radius 3 is 2.89 bits per heavy atom. The van der Waals surface area contributed by atoms with Gasteiger partial charge in [0.2, 0.25) is 11.7 Å². The quantitative estimate of drug-likeness (QED) is 0.385. The van der Waals surface area contributed by atoms with Gasteiger partial charge in [-0.1, -0.05) is 28.9 Å². The van der Waals surface area contributed by atoms with Crippen molar-refractivity contribution in [2.45, 2.75) is 6.54 Å². The van der Waals surface area contributed by atoms with E-state index < -0.39 is 4.92 Å². The van der Waals surface area contributed by atoms with E-state index in [0.717, 1.165) is 11.4 Å². The summed E-state index contributed by atoms with van der Waals surface area (Å²) in [6.45, 7) is 0.247. The lowest BCUT2D eigenvalue weighted by Crippen LogP contribution is -2.05. The summed E-state index contributed by atoms with van der Waals surface area (Å²) in [5, 5.41) is 22.8. The first-order valence-corrected chi connectivity index (χ1v) is 8.59. The van der Waals surface area contributed by atoms with Crippen LogP contribution in [0.1, 0.15) is 5.89 Å². The zero-order valence-electron chi connectivity index (χ0n) is 14.3. The predicted molar refractivity (Wildman–Crippen MR) is 102 cm³/mol. The van der Waals surface area contributed by atoms with Crippen molar-refractivity contribution in [1.82, 2.24) is 19.9 Å². The number of nitro benzene ring substituents is 1. The summed E-state index contributed by atoms with van der Waals surface area (Å²) in [4.78, 5) is 14.7. The van der Waals surface area contributed by atoms with Crippen molar-refractivity contribution in [3.05, 3.63) is 82.0 Å². The summed E-state index contributed by atoms with van der Waals surface area (Å²) in [7, 11) is 0.